The fourth-order valence-corrected chi connectivity index (χ4v) is 3.59. The zero-order chi connectivity index (χ0) is 20.4. The summed E-state index contributed by atoms with van der Waals surface area (Å²) in [6.45, 7) is 0. The molecule has 2 heterocycles. The molecule has 0 fully saturated rings. The number of aromatic nitrogens is 3. The van der Waals surface area contributed by atoms with Gasteiger partial charge in [-0.1, -0.05) is 0 Å². The number of nitrogens with zero attached hydrogens (tertiary/aromatic N) is 3. The number of fused-ring (bicyclic) bond motifs is 4. The molecule has 0 amide bonds. The molecule has 4 aromatic rings. The van der Waals surface area contributed by atoms with Crippen LogP contribution in [0, 0.1) is 0 Å². The molecule has 0 saturated heterocycles. The Morgan fingerprint density at radius 1 is 0.690 bits per heavy atom. The molecule has 0 aliphatic heterocycles. The molecule has 2 aromatic carbocycles. The zero-order valence-electron chi connectivity index (χ0n) is 14.4. The molecule has 0 unspecified atom stereocenters. The fourth-order valence-electron chi connectivity index (χ4n) is 3.59. The van der Waals surface area contributed by atoms with E-state index in [2.05, 4.69) is 15.0 Å². The van der Waals surface area contributed by atoms with Gasteiger partial charge in [0.05, 0.1) is 34.2 Å². The third-order valence-corrected chi connectivity index (χ3v) is 4.82. The van der Waals surface area contributed by atoms with Crippen LogP contribution in [-0.4, -0.2) is 48.2 Å². The van der Waals surface area contributed by atoms with Gasteiger partial charge in [0.25, 0.3) is 0 Å². The second kappa shape index (κ2) is 5.55. The molecule has 0 bridgehead atoms. The van der Waals surface area contributed by atoms with Gasteiger partial charge in [0.15, 0.2) is 0 Å². The second-order valence-electron chi connectivity index (χ2n) is 6.54. The molecule has 1 aliphatic rings. The number of carbonyl (C=O) groups is 3. The number of carboxylic acids is 3. The maximum Gasteiger partial charge on any atom is 0.354 e. The van der Waals surface area contributed by atoms with E-state index in [-0.39, 0.29) is 22.3 Å². The quantitative estimate of drug-likeness (QED) is 0.424. The highest BCUT2D eigenvalue weighted by molar-refractivity contribution is 6.17. The van der Waals surface area contributed by atoms with Gasteiger partial charge in [0.2, 0.25) is 0 Å². The molecular formula is C20H9N3O6. The summed E-state index contributed by atoms with van der Waals surface area (Å²) >= 11 is 0. The smallest absolute Gasteiger partial charge is 0.354 e. The van der Waals surface area contributed by atoms with E-state index < -0.39 is 17.9 Å². The lowest BCUT2D eigenvalue weighted by atomic mass is 9.98. The molecule has 9 nitrogen and oxygen atoms in total. The van der Waals surface area contributed by atoms with Gasteiger partial charge in [0.1, 0.15) is 11.2 Å². The number of pyridine rings is 1. The second-order valence-corrected chi connectivity index (χ2v) is 6.54. The summed E-state index contributed by atoms with van der Waals surface area (Å²) in [5.74, 6) is -3.52. The third-order valence-electron chi connectivity index (χ3n) is 4.82. The van der Waals surface area contributed by atoms with Crippen molar-refractivity contribution in [1.29, 1.82) is 0 Å². The van der Waals surface area contributed by atoms with Crippen LogP contribution >= 0.6 is 0 Å². The maximum atomic E-state index is 11.6. The maximum absolute atomic E-state index is 11.6. The topological polar surface area (TPSA) is 151 Å². The summed E-state index contributed by atoms with van der Waals surface area (Å²) in [6.07, 6.45) is 1.29. The van der Waals surface area contributed by atoms with Crippen molar-refractivity contribution in [3.8, 4) is 22.5 Å². The van der Waals surface area contributed by atoms with Crippen LogP contribution in [0.3, 0.4) is 0 Å². The van der Waals surface area contributed by atoms with Gasteiger partial charge in [-0.25, -0.2) is 29.3 Å². The van der Waals surface area contributed by atoms with Crippen molar-refractivity contribution in [2.24, 2.45) is 0 Å². The minimum Gasteiger partial charge on any atom is -0.478 e. The lowest BCUT2D eigenvalue weighted by molar-refractivity contribution is 0.0681. The van der Waals surface area contributed by atoms with E-state index in [0.717, 1.165) is 0 Å². The molecule has 2 aromatic heterocycles. The van der Waals surface area contributed by atoms with E-state index in [1.807, 2.05) is 0 Å². The number of hydrogen-bond acceptors (Lipinski definition) is 6. The van der Waals surface area contributed by atoms with Gasteiger partial charge in [-0.3, -0.25) is 0 Å². The highest BCUT2D eigenvalue weighted by Crippen LogP contribution is 2.46. The molecule has 29 heavy (non-hydrogen) atoms. The minimum atomic E-state index is -1.21. The fraction of sp³-hybridized carbons (Fsp3) is 0. The normalized spacial score (nSPS) is 11.6. The minimum absolute atomic E-state index is 0.00455. The summed E-state index contributed by atoms with van der Waals surface area (Å²) in [5, 5.41) is 29.1. The van der Waals surface area contributed by atoms with E-state index in [1.165, 1.54) is 36.5 Å². The van der Waals surface area contributed by atoms with E-state index in [0.29, 0.717) is 38.8 Å². The largest absolute Gasteiger partial charge is 0.478 e. The van der Waals surface area contributed by atoms with Crippen molar-refractivity contribution >= 4 is 39.7 Å². The van der Waals surface area contributed by atoms with Gasteiger partial charge in [-0.2, -0.15) is 0 Å². The summed E-state index contributed by atoms with van der Waals surface area (Å²) in [5.41, 5.74) is 2.21. The molecular weight excluding hydrogens is 378 g/mol. The average molecular weight is 387 g/mol. The standard InChI is InChI=1S/C20H9N3O6/c24-18(25)8-1-7-2-9(19(26)27)4-11-15(7)10(3-8)16-17(11)23-14-6-21-13(20(28)29)5-12(14)22-16/h1-6H,(H,24,25)(H,26,27)(H,28,29). The first-order valence-corrected chi connectivity index (χ1v) is 8.33. The van der Waals surface area contributed by atoms with Gasteiger partial charge >= 0.3 is 17.9 Å². The molecule has 0 radical (unpaired) electrons. The first-order chi connectivity index (χ1) is 13.8. The van der Waals surface area contributed by atoms with Gasteiger partial charge in [-0.15, -0.1) is 0 Å². The molecule has 3 N–H and O–H groups in total. The van der Waals surface area contributed by atoms with Crippen LogP contribution in [0.4, 0.5) is 0 Å². The van der Waals surface area contributed by atoms with E-state index in [1.54, 1.807) is 0 Å². The Morgan fingerprint density at radius 3 is 1.76 bits per heavy atom. The van der Waals surface area contributed by atoms with Crippen LogP contribution in [0.1, 0.15) is 31.2 Å². The SMILES string of the molecule is O=C(O)c1cc2c3c(cc(C(=O)O)cc3c1)-c1nc3cc(C(=O)O)ncc3nc1-2. The van der Waals surface area contributed by atoms with Crippen LogP contribution < -0.4 is 0 Å². The lowest BCUT2D eigenvalue weighted by Crippen LogP contribution is -2.01. The number of benzene rings is 2. The van der Waals surface area contributed by atoms with Gasteiger partial charge in [0, 0.05) is 16.5 Å². The summed E-state index contributed by atoms with van der Waals surface area (Å²) in [4.78, 5) is 47.2. The lowest BCUT2D eigenvalue weighted by Gasteiger charge is -2.05. The Bertz CT molecular complexity index is 1440. The monoisotopic (exact) mass is 387 g/mol. The Balaban J connectivity index is 1.90. The Labute approximate surface area is 160 Å². The molecule has 0 spiro atoms. The van der Waals surface area contributed by atoms with Crippen LogP contribution in [0.5, 0.6) is 0 Å². The average Bonchev–Trinajstić information content (AvgIpc) is 2.99. The van der Waals surface area contributed by atoms with Crippen LogP contribution in [0.25, 0.3) is 44.3 Å². The van der Waals surface area contributed by atoms with Crippen molar-refractivity contribution in [3.63, 3.8) is 0 Å². The Morgan fingerprint density at radius 2 is 1.24 bits per heavy atom. The van der Waals surface area contributed by atoms with Gasteiger partial charge < -0.3 is 15.3 Å². The number of hydrogen-bond donors (Lipinski definition) is 3. The zero-order valence-corrected chi connectivity index (χ0v) is 14.4. The molecule has 0 atom stereocenters. The number of carboxylic acid groups (broad SMARTS) is 3. The van der Waals surface area contributed by atoms with E-state index in [9.17, 15) is 24.6 Å². The molecule has 140 valence electrons. The predicted octanol–water partition coefficient (Wildman–Crippen LogP) is 2.92. The number of rotatable bonds is 3. The molecule has 9 heteroatoms. The molecule has 1 aliphatic carbocycles. The Hall–Kier alpha value is -4.40. The van der Waals surface area contributed by atoms with Crippen molar-refractivity contribution in [2.75, 3.05) is 0 Å². The summed E-state index contributed by atoms with van der Waals surface area (Å²) < 4.78 is 0. The highest BCUT2D eigenvalue weighted by atomic mass is 16.4. The summed E-state index contributed by atoms with van der Waals surface area (Å²) in [6, 6.07) is 7.04. The summed E-state index contributed by atoms with van der Waals surface area (Å²) in [7, 11) is 0. The predicted molar refractivity (Wildman–Crippen MR) is 100 cm³/mol. The molecule has 0 saturated carbocycles. The van der Waals surface area contributed by atoms with E-state index >= 15 is 0 Å². The van der Waals surface area contributed by atoms with Crippen LogP contribution in [0.15, 0.2) is 36.5 Å². The van der Waals surface area contributed by atoms with Gasteiger partial charge in [-0.05, 0) is 35.7 Å². The van der Waals surface area contributed by atoms with Crippen LogP contribution in [-0.2, 0) is 0 Å². The van der Waals surface area contributed by atoms with Crippen molar-refractivity contribution in [2.45, 2.75) is 0 Å². The number of aromatic carboxylic acids is 3. The first-order valence-electron chi connectivity index (χ1n) is 8.33. The third kappa shape index (κ3) is 2.34. The van der Waals surface area contributed by atoms with Crippen molar-refractivity contribution in [1.82, 2.24) is 15.0 Å². The highest BCUT2D eigenvalue weighted by Gasteiger charge is 2.28. The molecule has 5 rings (SSSR count). The van der Waals surface area contributed by atoms with Crippen molar-refractivity contribution in [3.05, 3.63) is 53.3 Å². The van der Waals surface area contributed by atoms with Crippen LogP contribution in [0.2, 0.25) is 0 Å². The van der Waals surface area contributed by atoms with E-state index in [4.69, 9.17) is 5.11 Å². The Kier molecular flexibility index (Phi) is 3.21. The van der Waals surface area contributed by atoms with Crippen molar-refractivity contribution < 1.29 is 29.7 Å². The first kappa shape index (κ1) is 16.8.